The molecule has 318 valence electrons. The van der Waals surface area contributed by atoms with Crippen LogP contribution >= 0.6 is 0 Å². The van der Waals surface area contributed by atoms with Gasteiger partial charge in [0.15, 0.2) is 0 Å². The van der Waals surface area contributed by atoms with Crippen LogP contribution < -0.4 is 10.6 Å². The van der Waals surface area contributed by atoms with Gasteiger partial charge in [0.25, 0.3) is 0 Å². The SMILES string of the molecule is COC(=O)NC(C(=O)N1CCCC1c1ncc(C#Cc2ccc(C#Cc3cnc(C4CCCN4C(=O)C(NC(=O)OC)C(C)C)[nH]3)c3c2CC2(CCCCC2)C3)[nH]1)C(C)C. The lowest BCUT2D eigenvalue weighted by Gasteiger charge is -2.33. The minimum absolute atomic E-state index is 0.115. The Labute approximate surface area is 352 Å². The second-order valence-corrected chi connectivity index (χ2v) is 17.5. The zero-order chi connectivity index (χ0) is 42.6. The molecule has 60 heavy (non-hydrogen) atoms. The molecule has 4 aliphatic rings. The summed E-state index contributed by atoms with van der Waals surface area (Å²) in [5.41, 5.74) is 6.11. The van der Waals surface area contributed by atoms with E-state index in [4.69, 9.17) is 9.47 Å². The first-order chi connectivity index (χ1) is 28.9. The molecule has 0 bridgehead atoms. The number of aromatic nitrogens is 4. The van der Waals surface area contributed by atoms with Crippen LogP contribution in [-0.2, 0) is 31.9 Å². The van der Waals surface area contributed by atoms with Crippen LogP contribution in [0.1, 0.15) is 143 Å². The van der Waals surface area contributed by atoms with Gasteiger partial charge in [-0.3, -0.25) is 9.59 Å². The summed E-state index contributed by atoms with van der Waals surface area (Å²) in [6, 6.07) is 2.29. The molecule has 1 aromatic carbocycles. The standard InChI is InChI=1S/C46H58N8O6/c1-28(2)38(51-44(57)59-5)42(55)53-22-10-12-36(53)40-47-26-32(49-40)18-16-30-14-15-31(35-25-46(24-34(30)35)20-8-7-9-21-46)17-19-33-27-48-41(50-33)37-13-11-23-54(37)43(56)39(29(3)4)52-45(58)60-6/h14-15,26-29,36-39H,7-13,20-25H2,1-6H3,(H,47,49)(H,48,50)(H,51,57)(H,52,58). The Hall–Kier alpha value is -5.76. The quantitative estimate of drug-likeness (QED) is 0.198. The van der Waals surface area contributed by atoms with Crippen LogP contribution in [-0.4, -0.2) is 93.1 Å². The Kier molecular flexibility index (Phi) is 12.9. The zero-order valence-corrected chi connectivity index (χ0v) is 35.7. The van der Waals surface area contributed by atoms with Crippen molar-refractivity contribution in [2.75, 3.05) is 27.3 Å². The maximum Gasteiger partial charge on any atom is 0.407 e. The van der Waals surface area contributed by atoms with Crippen LogP contribution in [0.15, 0.2) is 24.5 Å². The number of rotatable bonds is 8. The fourth-order valence-corrected chi connectivity index (χ4v) is 9.59. The second-order valence-electron chi connectivity index (χ2n) is 17.5. The Bertz CT molecular complexity index is 2060. The highest BCUT2D eigenvalue weighted by Crippen LogP contribution is 2.49. The highest BCUT2D eigenvalue weighted by atomic mass is 16.5. The van der Waals surface area contributed by atoms with E-state index in [0.717, 1.165) is 49.7 Å². The minimum Gasteiger partial charge on any atom is -0.453 e. The molecule has 1 spiro atoms. The van der Waals surface area contributed by atoms with Crippen molar-refractivity contribution in [3.63, 3.8) is 0 Å². The summed E-state index contributed by atoms with van der Waals surface area (Å²) in [6.45, 7) is 8.77. The number of carbonyl (C=O) groups is 4. The first-order valence-electron chi connectivity index (χ1n) is 21.5. The molecule has 2 aromatic heterocycles. The number of fused-ring (bicyclic) bond motifs is 1. The Morgan fingerprint density at radius 2 is 1.12 bits per heavy atom. The summed E-state index contributed by atoms with van der Waals surface area (Å²) in [5, 5.41) is 5.41. The lowest BCUT2D eigenvalue weighted by atomic mass is 9.72. The number of nitrogens with one attached hydrogen (secondary N) is 4. The third-order valence-corrected chi connectivity index (χ3v) is 12.8. The summed E-state index contributed by atoms with van der Waals surface area (Å²) >= 11 is 0. The Morgan fingerprint density at radius 1 is 0.683 bits per heavy atom. The number of ether oxygens (including phenoxy) is 2. The van der Waals surface area contributed by atoms with Gasteiger partial charge in [-0.15, -0.1) is 0 Å². The van der Waals surface area contributed by atoms with Crippen molar-refractivity contribution in [1.82, 2.24) is 40.4 Å². The lowest BCUT2D eigenvalue weighted by Crippen LogP contribution is -2.51. The third-order valence-electron chi connectivity index (χ3n) is 12.8. The van der Waals surface area contributed by atoms with Gasteiger partial charge >= 0.3 is 12.2 Å². The van der Waals surface area contributed by atoms with Crippen LogP contribution in [0.2, 0.25) is 0 Å². The van der Waals surface area contributed by atoms with Crippen molar-refractivity contribution in [1.29, 1.82) is 0 Å². The molecule has 4 amide bonds. The van der Waals surface area contributed by atoms with Crippen molar-refractivity contribution in [2.45, 2.75) is 122 Å². The van der Waals surface area contributed by atoms with Gasteiger partial charge in [0.2, 0.25) is 11.8 Å². The predicted molar refractivity (Wildman–Crippen MR) is 224 cm³/mol. The van der Waals surface area contributed by atoms with E-state index in [9.17, 15) is 19.2 Å². The normalized spacial score (nSPS) is 20.2. The van der Waals surface area contributed by atoms with E-state index < -0.39 is 24.3 Å². The summed E-state index contributed by atoms with van der Waals surface area (Å²) in [7, 11) is 2.58. The van der Waals surface area contributed by atoms with Gasteiger partial charge in [-0.05, 0) is 104 Å². The number of hydrogen-bond donors (Lipinski definition) is 4. The van der Waals surface area contributed by atoms with Crippen molar-refractivity contribution >= 4 is 24.0 Å². The molecule has 2 aliphatic heterocycles. The molecule has 1 saturated carbocycles. The average Bonchev–Trinajstić information content (AvgIpc) is 4.09. The predicted octanol–water partition coefficient (Wildman–Crippen LogP) is 6.07. The Morgan fingerprint density at radius 3 is 1.52 bits per heavy atom. The number of alkyl carbamates (subject to hydrolysis) is 2. The third kappa shape index (κ3) is 9.03. The maximum atomic E-state index is 13.6. The molecule has 0 radical (unpaired) electrons. The van der Waals surface area contributed by atoms with E-state index in [2.05, 4.69) is 66.4 Å². The molecule has 14 nitrogen and oxygen atoms in total. The zero-order valence-electron chi connectivity index (χ0n) is 35.7. The molecule has 2 saturated heterocycles. The molecule has 4 unspecified atom stereocenters. The largest absolute Gasteiger partial charge is 0.453 e. The average molecular weight is 819 g/mol. The van der Waals surface area contributed by atoms with Crippen molar-refractivity contribution in [2.24, 2.45) is 17.3 Å². The van der Waals surface area contributed by atoms with Gasteiger partial charge in [-0.25, -0.2) is 19.6 Å². The van der Waals surface area contributed by atoms with Crippen LogP contribution in [0.25, 0.3) is 0 Å². The maximum absolute atomic E-state index is 13.6. The highest BCUT2D eigenvalue weighted by Gasteiger charge is 2.41. The summed E-state index contributed by atoms with van der Waals surface area (Å²) in [6.07, 6.45) is 13.5. The van der Waals surface area contributed by atoms with Gasteiger partial charge in [-0.1, -0.05) is 58.8 Å². The van der Waals surface area contributed by atoms with E-state index in [-0.39, 0.29) is 41.1 Å². The molecule has 14 heteroatoms. The van der Waals surface area contributed by atoms with E-state index >= 15 is 0 Å². The van der Waals surface area contributed by atoms with Crippen molar-refractivity contribution < 1.29 is 28.7 Å². The number of H-pyrrole nitrogens is 2. The van der Waals surface area contributed by atoms with Gasteiger partial charge in [-0.2, -0.15) is 0 Å². The molecule has 4 atom stereocenters. The number of nitrogens with zero attached hydrogens (tertiary/aromatic N) is 4. The number of benzene rings is 1. The molecule has 4 N–H and O–H groups in total. The Balaban J connectivity index is 1.10. The van der Waals surface area contributed by atoms with Crippen LogP contribution in [0.3, 0.4) is 0 Å². The van der Waals surface area contributed by atoms with Crippen molar-refractivity contribution in [3.8, 4) is 23.7 Å². The van der Waals surface area contributed by atoms with Crippen LogP contribution in [0, 0.1) is 40.9 Å². The van der Waals surface area contributed by atoms with Crippen molar-refractivity contribution in [3.05, 3.63) is 69.8 Å². The number of imidazole rings is 2. The molecule has 3 fully saturated rings. The van der Waals surface area contributed by atoms with Crippen LogP contribution in [0.4, 0.5) is 9.59 Å². The fraction of sp³-hybridized carbons (Fsp3) is 0.565. The van der Waals surface area contributed by atoms with E-state index in [1.807, 2.05) is 27.7 Å². The van der Waals surface area contributed by atoms with E-state index in [1.54, 1.807) is 22.2 Å². The number of hydrogen-bond acceptors (Lipinski definition) is 8. The smallest absolute Gasteiger partial charge is 0.407 e. The summed E-state index contributed by atoms with van der Waals surface area (Å²) < 4.78 is 9.56. The number of carbonyl (C=O) groups excluding carboxylic acids is 4. The summed E-state index contributed by atoms with van der Waals surface area (Å²) in [4.78, 5) is 71.0. The van der Waals surface area contributed by atoms with E-state index in [1.165, 1.54) is 57.5 Å². The molecule has 4 heterocycles. The first kappa shape index (κ1) is 42.4. The molecule has 2 aliphatic carbocycles. The molecule has 7 rings (SSSR count). The van der Waals surface area contributed by atoms with Gasteiger partial charge < -0.3 is 39.9 Å². The lowest BCUT2D eigenvalue weighted by molar-refractivity contribution is -0.136. The van der Waals surface area contributed by atoms with Gasteiger partial charge in [0.1, 0.15) is 35.1 Å². The molecular weight excluding hydrogens is 761 g/mol. The number of likely N-dealkylation sites (tertiary alicyclic amines) is 2. The number of aromatic amines is 2. The topological polar surface area (TPSA) is 175 Å². The monoisotopic (exact) mass is 818 g/mol. The highest BCUT2D eigenvalue weighted by molar-refractivity contribution is 5.87. The minimum atomic E-state index is -0.701. The second kappa shape index (κ2) is 18.2. The van der Waals surface area contributed by atoms with E-state index in [0.29, 0.717) is 36.1 Å². The van der Waals surface area contributed by atoms with Crippen LogP contribution in [0.5, 0.6) is 0 Å². The number of methoxy groups -OCH3 is 2. The number of amides is 4. The molecular formula is C46H58N8O6. The summed E-state index contributed by atoms with van der Waals surface area (Å²) in [5.74, 6) is 14.5. The fourth-order valence-electron chi connectivity index (χ4n) is 9.59. The van der Waals surface area contributed by atoms with Gasteiger partial charge in [0.05, 0.1) is 38.7 Å². The molecule has 3 aromatic rings. The van der Waals surface area contributed by atoms with Gasteiger partial charge in [0, 0.05) is 24.2 Å². The first-order valence-corrected chi connectivity index (χ1v) is 21.5.